The molecule has 0 aliphatic rings. The van der Waals surface area contributed by atoms with Gasteiger partial charge in [-0.05, 0) is 42.0 Å². The molecule has 0 radical (unpaired) electrons. The Morgan fingerprint density at radius 3 is 2.33 bits per heavy atom. The van der Waals surface area contributed by atoms with E-state index in [-0.39, 0.29) is 11.2 Å². The lowest BCUT2D eigenvalue weighted by molar-refractivity contribution is 0.639. The Labute approximate surface area is 129 Å². The Hall–Kier alpha value is -1.86. The van der Waals surface area contributed by atoms with E-state index in [2.05, 4.69) is 32.0 Å². The minimum Gasteiger partial charge on any atom is -0.206 e. The number of alkyl halides is 1. The first-order valence-electron chi connectivity index (χ1n) is 6.96. The van der Waals surface area contributed by atoms with Gasteiger partial charge in [0.05, 0.1) is 5.38 Å². The summed E-state index contributed by atoms with van der Waals surface area (Å²) in [6.07, 6.45) is 0. The van der Waals surface area contributed by atoms with Crippen molar-refractivity contribution in [3.8, 4) is 0 Å². The van der Waals surface area contributed by atoms with Crippen molar-refractivity contribution in [2.75, 3.05) is 0 Å². The first kappa shape index (κ1) is 14.1. The van der Waals surface area contributed by atoms with Crippen LogP contribution in [0.5, 0.6) is 0 Å². The summed E-state index contributed by atoms with van der Waals surface area (Å²) in [6, 6.07) is 17.0. The molecular formula is C19H16ClF. The van der Waals surface area contributed by atoms with Gasteiger partial charge in [0.1, 0.15) is 5.82 Å². The summed E-state index contributed by atoms with van der Waals surface area (Å²) in [5, 5.41) is 1.21. The highest BCUT2D eigenvalue weighted by Gasteiger charge is 2.17. The molecule has 3 aromatic rings. The minimum atomic E-state index is -0.282. The van der Waals surface area contributed by atoms with Gasteiger partial charge in [0, 0.05) is 5.39 Å². The number of hydrogen-bond donors (Lipinski definition) is 0. The zero-order chi connectivity index (χ0) is 15.0. The zero-order valence-corrected chi connectivity index (χ0v) is 12.8. The van der Waals surface area contributed by atoms with Crippen LogP contribution in [0.25, 0.3) is 10.8 Å². The third-order valence-corrected chi connectivity index (χ3v) is 4.36. The summed E-state index contributed by atoms with van der Waals surface area (Å²) in [4.78, 5) is 0. The van der Waals surface area contributed by atoms with Crippen LogP contribution in [0.1, 0.15) is 27.6 Å². The summed E-state index contributed by atoms with van der Waals surface area (Å²) < 4.78 is 13.9. The molecule has 21 heavy (non-hydrogen) atoms. The first-order chi connectivity index (χ1) is 10.1. The number of benzene rings is 3. The van der Waals surface area contributed by atoms with Crippen molar-refractivity contribution in [1.29, 1.82) is 0 Å². The van der Waals surface area contributed by atoms with Crippen molar-refractivity contribution in [3.05, 3.63) is 82.7 Å². The van der Waals surface area contributed by atoms with Crippen LogP contribution in [0.15, 0.2) is 54.6 Å². The Kier molecular flexibility index (Phi) is 3.69. The fraction of sp³-hybridized carbons (Fsp3) is 0.158. The van der Waals surface area contributed by atoms with E-state index in [9.17, 15) is 4.39 Å². The minimum absolute atomic E-state index is 0.209. The molecule has 1 unspecified atom stereocenters. The molecule has 2 heteroatoms. The average Bonchev–Trinajstić information content (AvgIpc) is 2.50. The highest BCUT2D eigenvalue weighted by molar-refractivity contribution is 6.23. The number of aryl methyl sites for hydroxylation is 2. The van der Waals surface area contributed by atoms with Crippen molar-refractivity contribution >= 4 is 22.4 Å². The zero-order valence-electron chi connectivity index (χ0n) is 12.0. The Morgan fingerprint density at radius 1 is 0.857 bits per heavy atom. The van der Waals surface area contributed by atoms with Crippen molar-refractivity contribution in [3.63, 3.8) is 0 Å². The van der Waals surface area contributed by atoms with E-state index in [0.29, 0.717) is 5.39 Å². The third-order valence-electron chi connectivity index (χ3n) is 3.89. The highest BCUT2D eigenvalue weighted by Crippen LogP contribution is 2.36. The van der Waals surface area contributed by atoms with Crippen molar-refractivity contribution < 1.29 is 4.39 Å². The van der Waals surface area contributed by atoms with E-state index in [1.165, 1.54) is 11.6 Å². The van der Waals surface area contributed by atoms with Gasteiger partial charge in [-0.1, -0.05) is 54.1 Å². The van der Waals surface area contributed by atoms with Crippen LogP contribution in [-0.2, 0) is 0 Å². The molecule has 3 aromatic carbocycles. The Bertz CT molecular complexity index is 808. The number of hydrogen-bond acceptors (Lipinski definition) is 0. The van der Waals surface area contributed by atoms with Gasteiger partial charge >= 0.3 is 0 Å². The van der Waals surface area contributed by atoms with Gasteiger partial charge < -0.3 is 0 Å². The molecular weight excluding hydrogens is 283 g/mol. The van der Waals surface area contributed by atoms with Gasteiger partial charge in [-0.3, -0.25) is 0 Å². The van der Waals surface area contributed by atoms with Crippen LogP contribution in [0.2, 0.25) is 0 Å². The van der Waals surface area contributed by atoms with Crippen molar-refractivity contribution in [1.82, 2.24) is 0 Å². The second kappa shape index (κ2) is 5.50. The van der Waals surface area contributed by atoms with Gasteiger partial charge in [0.15, 0.2) is 0 Å². The second-order valence-corrected chi connectivity index (χ2v) is 5.84. The smallest absolute Gasteiger partial charge is 0.131 e. The predicted octanol–water partition coefficient (Wildman–Crippen LogP) is 5.92. The molecule has 0 aromatic heterocycles. The van der Waals surface area contributed by atoms with Gasteiger partial charge in [-0.15, -0.1) is 11.6 Å². The molecule has 0 fully saturated rings. The summed E-state index contributed by atoms with van der Waals surface area (Å²) in [6.45, 7) is 4.10. The van der Waals surface area contributed by atoms with Gasteiger partial charge in [0.25, 0.3) is 0 Å². The third kappa shape index (κ3) is 2.54. The van der Waals surface area contributed by atoms with Crippen molar-refractivity contribution in [2.45, 2.75) is 19.2 Å². The van der Waals surface area contributed by atoms with E-state index in [4.69, 9.17) is 11.6 Å². The molecule has 0 N–H and O–H groups in total. The van der Waals surface area contributed by atoms with Crippen molar-refractivity contribution in [2.24, 2.45) is 0 Å². The van der Waals surface area contributed by atoms with E-state index in [1.54, 1.807) is 12.1 Å². The van der Waals surface area contributed by atoms with Gasteiger partial charge in [-0.25, -0.2) is 4.39 Å². The molecule has 0 saturated heterocycles. The van der Waals surface area contributed by atoms with Crippen LogP contribution in [0.3, 0.4) is 0 Å². The summed E-state index contributed by atoms with van der Waals surface area (Å²) in [5.41, 5.74) is 4.34. The van der Waals surface area contributed by atoms with Crippen LogP contribution in [0.4, 0.5) is 4.39 Å². The standard InChI is InChI=1S/C19H16ClF/c1-12-7-8-13(2)17(11-12)19(20)16-9-10-18(21)15-6-4-3-5-14(15)16/h3-11,19H,1-2H3. The fourth-order valence-electron chi connectivity index (χ4n) is 2.71. The van der Waals surface area contributed by atoms with E-state index < -0.39 is 0 Å². The van der Waals surface area contributed by atoms with Gasteiger partial charge in [0.2, 0.25) is 0 Å². The fourth-order valence-corrected chi connectivity index (χ4v) is 3.13. The number of halogens is 2. The molecule has 0 spiro atoms. The molecule has 0 saturated carbocycles. The molecule has 0 heterocycles. The molecule has 0 nitrogen and oxygen atoms in total. The monoisotopic (exact) mass is 298 g/mol. The lowest BCUT2D eigenvalue weighted by Crippen LogP contribution is -1.99. The second-order valence-electron chi connectivity index (χ2n) is 5.40. The molecule has 1 atom stereocenters. The normalized spacial score (nSPS) is 12.6. The lowest BCUT2D eigenvalue weighted by atomic mass is 9.94. The molecule has 106 valence electrons. The van der Waals surface area contributed by atoms with E-state index in [0.717, 1.165) is 22.1 Å². The topological polar surface area (TPSA) is 0 Å². The van der Waals surface area contributed by atoms with Crippen LogP contribution < -0.4 is 0 Å². The Morgan fingerprint density at radius 2 is 1.57 bits per heavy atom. The van der Waals surface area contributed by atoms with E-state index >= 15 is 0 Å². The largest absolute Gasteiger partial charge is 0.206 e. The van der Waals surface area contributed by atoms with Crippen LogP contribution >= 0.6 is 11.6 Å². The lowest BCUT2D eigenvalue weighted by Gasteiger charge is -2.16. The predicted molar refractivity (Wildman–Crippen MR) is 87.5 cm³/mol. The average molecular weight is 299 g/mol. The first-order valence-corrected chi connectivity index (χ1v) is 7.40. The summed E-state index contributed by atoms with van der Waals surface area (Å²) in [7, 11) is 0. The maximum absolute atomic E-state index is 13.9. The number of fused-ring (bicyclic) bond motifs is 1. The highest BCUT2D eigenvalue weighted by atomic mass is 35.5. The maximum Gasteiger partial charge on any atom is 0.131 e. The SMILES string of the molecule is Cc1ccc(C)c(C(Cl)c2ccc(F)c3ccccc23)c1. The summed E-state index contributed by atoms with van der Waals surface area (Å²) >= 11 is 6.72. The molecule has 0 bridgehead atoms. The van der Waals surface area contributed by atoms with Gasteiger partial charge in [-0.2, -0.15) is 0 Å². The molecule has 0 amide bonds. The summed E-state index contributed by atoms with van der Waals surface area (Å²) in [5.74, 6) is -0.209. The quantitative estimate of drug-likeness (QED) is 0.515. The Balaban J connectivity index is 2.20. The maximum atomic E-state index is 13.9. The van der Waals surface area contributed by atoms with E-state index in [1.807, 2.05) is 18.2 Å². The number of rotatable bonds is 2. The molecule has 0 aliphatic carbocycles. The van der Waals surface area contributed by atoms with Crippen LogP contribution in [-0.4, -0.2) is 0 Å². The molecule has 3 rings (SSSR count). The van der Waals surface area contributed by atoms with Crippen LogP contribution in [0, 0.1) is 19.7 Å². The molecule has 0 aliphatic heterocycles.